The number of hydrogen-bond acceptors (Lipinski definition) is 8. The molecule has 0 spiro atoms. The lowest BCUT2D eigenvalue weighted by Crippen LogP contribution is -2.02. The second-order valence-electron chi connectivity index (χ2n) is 10.2. The van der Waals surface area contributed by atoms with Gasteiger partial charge in [-0.25, -0.2) is 0 Å². The molecule has 0 atom stereocenters. The number of aliphatic hydroxyl groups excluding tert-OH is 2. The Kier molecular flexibility index (Phi) is 10.9. The summed E-state index contributed by atoms with van der Waals surface area (Å²) in [6.07, 6.45) is 1.43. The van der Waals surface area contributed by atoms with E-state index in [0.29, 0.717) is 12.8 Å². The first-order valence-corrected chi connectivity index (χ1v) is 14.7. The van der Waals surface area contributed by atoms with E-state index in [1.54, 1.807) is 0 Å². The molecule has 5 aromatic rings. The summed E-state index contributed by atoms with van der Waals surface area (Å²) in [5, 5.41) is 41.7. The molecule has 5 rings (SSSR count). The highest BCUT2D eigenvalue weighted by Gasteiger charge is 2.02. The fourth-order valence-electron chi connectivity index (χ4n) is 4.44. The van der Waals surface area contributed by atoms with Crippen molar-refractivity contribution < 1.29 is 10.2 Å². The minimum absolute atomic E-state index is 0.178. The van der Waals surface area contributed by atoms with Crippen molar-refractivity contribution in [3.05, 3.63) is 121 Å². The predicted octanol–water partition coefficient (Wildman–Crippen LogP) is 9.44. The van der Waals surface area contributed by atoms with Gasteiger partial charge in [0, 0.05) is 37.7 Å². The topological polar surface area (TPSA) is 114 Å². The van der Waals surface area contributed by atoms with Crippen molar-refractivity contribution >= 4 is 34.1 Å². The molecule has 0 saturated heterocycles. The molecule has 0 amide bonds. The van der Waals surface area contributed by atoms with Crippen molar-refractivity contribution in [2.75, 3.05) is 36.9 Å². The molecule has 4 N–H and O–H groups in total. The fraction of sp³-hybridized carbons (Fsp3) is 0.167. The maximum atomic E-state index is 8.90. The monoisotopic (exact) mass is 584 g/mol. The van der Waals surface area contributed by atoms with Gasteiger partial charge in [0.25, 0.3) is 0 Å². The van der Waals surface area contributed by atoms with Crippen LogP contribution in [0, 0.1) is 0 Å². The number of nitrogens with zero attached hydrogens (tertiary/aromatic N) is 4. The van der Waals surface area contributed by atoms with Crippen LogP contribution in [-0.2, 0) is 0 Å². The molecule has 0 heterocycles. The van der Waals surface area contributed by atoms with Crippen LogP contribution in [0.2, 0.25) is 0 Å². The quantitative estimate of drug-likeness (QED) is 0.0769. The van der Waals surface area contributed by atoms with Crippen LogP contribution < -0.4 is 10.6 Å². The number of azo groups is 2. The van der Waals surface area contributed by atoms with Crippen LogP contribution in [0.4, 0.5) is 34.1 Å². The molecule has 5 aromatic carbocycles. The lowest BCUT2D eigenvalue weighted by atomic mass is 10.00. The van der Waals surface area contributed by atoms with Gasteiger partial charge in [0.15, 0.2) is 0 Å². The lowest BCUT2D eigenvalue weighted by molar-refractivity contribution is 0.292. The third kappa shape index (κ3) is 8.91. The zero-order chi connectivity index (χ0) is 30.4. The van der Waals surface area contributed by atoms with Gasteiger partial charge in [-0.3, -0.25) is 0 Å². The van der Waals surface area contributed by atoms with E-state index in [0.717, 1.165) is 69.5 Å². The van der Waals surface area contributed by atoms with Gasteiger partial charge < -0.3 is 20.8 Å². The van der Waals surface area contributed by atoms with Gasteiger partial charge in [0.05, 0.1) is 22.7 Å². The maximum Gasteiger partial charge on any atom is 0.0858 e. The summed E-state index contributed by atoms with van der Waals surface area (Å²) in [5.41, 5.74) is 9.60. The number of benzene rings is 5. The normalized spacial score (nSPS) is 11.3. The number of hydrogen-bond donors (Lipinski definition) is 4. The van der Waals surface area contributed by atoms with Gasteiger partial charge in [-0.05, 0) is 108 Å². The molecular weight excluding hydrogens is 548 g/mol. The molecule has 222 valence electrons. The first-order valence-electron chi connectivity index (χ1n) is 14.7. The zero-order valence-electron chi connectivity index (χ0n) is 24.5. The standard InChI is InChI=1S/C36H36N6O2/c43-25-1-23-37-31-15-19-35(20-16-31)41-39-33-11-7-29(8-12-33)27-3-5-28(6-4-27)30-9-13-34(14-10-30)40-42-36-21-17-32(18-22-36)38-24-2-26-44/h3-22,37-38,43-44H,1-2,23-26H2/b41-39+,42-40+. The van der Waals surface area contributed by atoms with Crippen LogP contribution in [0.3, 0.4) is 0 Å². The average molecular weight is 585 g/mol. The first-order chi connectivity index (χ1) is 21.7. The Bertz CT molecular complexity index is 1510. The second kappa shape index (κ2) is 15.9. The largest absolute Gasteiger partial charge is 0.396 e. The van der Waals surface area contributed by atoms with E-state index in [1.807, 2.05) is 72.8 Å². The van der Waals surface area contributed by atoms with Crippen LogP contribution in [0.15, 0.2) is 142 Å². The summed E-state index contributed by atoms with van der Waals surface area (Å²) in [5.74, 6) is 0. The molecule has 44 heavy (non-hydrogen) atoms. The predicted molar refractivity (Wildman–Crippen MR) is 179 cm³/mol. The third-order valence-electron chi connectivity index (χ3n) is 6.91. The van der Waals surface area contributed by atoms with Gasteiger partial charge in [-0.1, -0.05) is 48.5 Å². The lowest BCUT2D eigenvalue weighted by Gasteiger charge is -2.06. The Balaban J connectivity index is 1.14. The Morgan fingerprint density at radius 2 is 0.614 bits per heavy atom. The van der Waals surface area contributed by atoms with E-state index in [4.69, 9.17) is 10.2 Å². The highest BCUT2D eigenvalue weighted by molar-refractivity contribution is 5.72. The SMILES string of the molecule is OCCCNc1ccc(/N=N/c2ccc(-c3ccc(-c4ccc(/N=N/c5ccc(NCCCO)cc5)cc4)cc3)cc2)cc1. The van der Waals surface area contributed by atoms with Gasteiger partial charge in [-0.15, -0.1) is 0 Å². The van der Waals surface area contributed by atoms with E-state index in [1.165, 1.54) is 0 Å². The number of rotatable bonds is 14. The Morgan fingerprint density at radius 3 is 0.886 bits per heavy atom. The Labute approximate surface area is 257 Å². The van der Waals surface area contributed by atoms with Gasteiger partial charge in [-0.2, -0.15) is 20.5 Å². The van der Waals surface area contributed by atoms with Crippen molar-refractivity contribution in [2.45, 2.75) is 12.8 Å². The van der Waals surface area contributed by atoms with E-state index in [-0.39, 0.29) is 13.2 Å². The minimum atomic E-state index is 0.178. The molecule has 0 fully saturated rings. The summed E-state index contributed by atoms with van der Waals surface area (Å²) in [4.78, 5) is 0. The molecule has 8 nitrogen and oxygen atoms in total. The third-order valence-corrected chi connectivity index (χ3v) is 6.91. The molecule has 0 radical (unpaired) electrons. The van der Waals surface area contributed by atoms with Crippen LogP contribution in [0.25, 0.3) is 22.3 Å². The van der Waals surface area contributed by atoms with Crippen molar-refractivity contribution in [1.29, 1.82) is 0 Å². The summed E-state index contributed by atoms with van der Waals surface area (Å²) in [7, 11) is 0. The summed E-state index contributed by atoms with van der Waals surface area (Å²) >= 11 is 0. The second-order valence-corrected chi connectivity index (χ2v) is 10.2. The van der Waals surface area contributed by atoms with Crippen molar-refractivity contribution in [3.8, 4) is 22.3 Å². The smallest absolute Gasteiger partial charge is 0.0858 e. The fourth-order valence-corrected chi connectivity index (χ4v) is 4.44. The van der Waals surface area contributed by atoms with Crippen molar-refractivity contribution in [2.24, 2.45) is 20.5 Å². The highest BCUT2D eigenvalue weighted by Crippen LogP contribution is 2.29. The Morgan fingerprint density at radius 1 is 0.364 bits per heavy atom. The van der Waals surface area contributed by atoms with Gasteiger partial charge in [0.1, 0.15) is 0 Å². The summed E-state index contributed by atoms with van der Waals surface area (Å²) < 4.78 is 0. The molecule has 0 unspecified atom stereocenters. The summed E-state index contributed by atoms with van der Waals surface area (Å²) in [6, 6.07) is 40.1. The molecule has 8 heteroatoms. The molecule has 0 aliphatic carbocycles. The number of nitrogens with one attached hydrogen (secondary N) is 2. The van der Waals surface area contributed by atoms with E-state index in [2.05, 4.69) is 79.6 Å². The minimum Gasteiger partial charge on any atom is -0.396 e. The highest BCUT2D eigenvalue weighted by atomic mass is 16.3. The van der Waals surface area contributed by atoms with Crippen LogP contribution >= 0.6 is 0 Å². The molecule has 0 aliphatic heterocycles. The van der Waals surface area contributed by atoms with Gasteiger partial charge >= 0.3 is 0 Å². The van der Waals surface area contributed by atoms with Crippen molar-refractivity contribution in [1.82, 2.24) is 0 Å². The van der Waals surface area contributed by atoms with Crippen molar-refractivity contribution in [3.63, 3.8) is 0 Å². The van der Waals surface area contributed by atoms with Crippen LogP contribution in [0.1, 0.15) is 12.8 Å². The van der Waals surface area contributed by atoms with Gasteiger partial charge in [0.2, 0.25) is 0 Å². The van der Waals surface area contributed by atoms with E-state index in [9.17, 15) is 0 Å². The molecule has 0 saturated carbocycles. The summed E-state index contributed by atoms with van der Waals surface area (Å²) in [6.45, 7) is 1.82. The average Bonchev–Trinajstić information content (AvgIpc) is 3.08. The first kappa shape index (κ1) is 30.3. The maximum absolute atomic E-state index is 8.90. The van der Waals surface area contributed by atoms with E-state index < -0.39 is 0 Å². The number of anilines is 2. The van der Waals surface area contributed by atoms with E-state index >= 15 is 0 Å². The Hall–Kier alpha value is -5.18. The number of aliphatic hydroxyl groups is 2. The van der Waals surface area contributed by atoms with Crippen LogP contribution in [-0.4, -0.2) is 36.5 Å². The van der Waals surface area contributed by atoms with Crippen LogP contribution in [0.5, 0.6) is 0 Å². The molecule has 0 bridgehead atoms. The molecular formula is C36H36N6O2. The molecule has 0 aliphatic rings. The molecule has 0 aromatic heterocycles. The zero-order valence-corrected chi connectivity index (χ0v) is 24.5.